The predicted molar refractivity (Wildman–Crippen MR) is 234 cm³/mol. The number of aromatic nitrogens is 2. The van der Waals surface area contributed by atoms with E-state index in [1.165, 1.54) is 37.1 Å². The number of carbonyl (C=O) groups is 1. The summed E-state index contributed by atoms with van der Waals surface area (Å²) in [5, 5.41) is 16.3. The number of carbonyl (C=O) groups excluding carboxylic acids is 1. The van der Waals surface area contributed by atoms with Crippen molar-refractivity contribution < 1.29 is 31.4 Å². The molecule has 0 aliphatic carbocycles. The van der Waals surface area contributed by atoms with E-state index in [2.05, 4.69) is 130 Å². The number of fused-ring (bicyclic) bond motifs is 2. The molecule has 0 saturated heterocycles. The standard InChI is InChI=1S/C33H31N2SSi2.C13H24O2.Ir/c1-23-30-32(36-33(23)38(5,26-15-8-6-9-16-26)27-17-10-7-11-18-27)31(35-22-34-30)25-20-24-14-12-13-19-28(24)29(21-25)37(2,3)4;1-5-10(6-2)12(14)9-13(15)11(7-3)8-4;/h6-19,21-22H,1-5H3;9-11,14H,5-8H2,1-4H3;/q-1;;/b;12-9-;/i22D;;. The molecule has 0 bridgehead atoms. The van der Waals surface area contributed by atoms with Gasteiger partial charge in [-0.1, -0.05) is 144 Å². The molecule has 0 amide bonds. The van der Waals surface area contributed by atoms with Crippen molar-refractivity contribution in [2.75, 3.05) is 0 Å². The van der Waals surface area contributed by atoms with Gasteiger partial charge in [-0.2, -0.15) is 0 Å². The van der Waals surface area contributed by atoms with Crippen molar-refractivity contribution in [3.63, 3.8) is 0 Å². The van der Waals surface area contributed by atoms with E-state index in [9.17, 15) is 9.90 Å². The third kappa shape index (κ3) is 9.12. The summed E-state index contributed by atoms with van der Waals surface area (Å²) < 4.78 is 11.0. The Labute approximate surface area is 344 Å². The number of hydrogen-bond donors (Lipinski definition) is 1. The van der Waals surface area contributed by atoms with Crippen LogP contribution in [-0.2, 0) is 24.9 Å². The molecule has 2 aromatic heterocycles. The summed E-state index contributed by atoms with van der Waals surface area (Å²) in [5.41, 5.74) is 3.85. The fraction of sp³-hybridized carbons (Fsp3) is 0.326. The van der Waals surface area contributed by atoms with Gasteiger partial charge < -0.3 is 5.11 Å². The monoisotopic (exact) mass is 949 g/mol. The molecule has 0 saturated carbocycles. The molecule has 1 N–H and O–H groups in total. The Morgan fingerprint density at radius 1 is 0.833 bits per heavy atom. The van der Waals surface area contributed by atoms with Crippen molar-refractivity contribution in [1.82, 2.24) is 9.97 Å². The van der Waals surface area contributed by atoms with E-state index in [4.69, 9.17) is 11.3 Å². The summed E-state index contributed by atoms with van der Waals surface area (Å²) in [6.45, 7) is 19.8. The molecule has 4 aromatic carbocycles. The largest absolute Gasteiger partial charge is 0.512 e. The Hall–Kier alpha value is -3.53. The Morgan fingerprint density at radius 2 is 1.37 bits per heavy atom. The Morgan fingerprint density at radius 3 is 1.91 bits per heavy atom. The van der Waals surface area contributed by atoms with Gasteiger partial charge in [-0.25, -0.2) is 4.98 Å². The molecular formula is C46H55IrN2O2SSi2-. The number of thiophene rings is 1. The second kappa shape index (κ2) is 18.9. The molecule has 4 nitrogen and oxygen atoms in total. The van der Waals surface area contributed by atoms with Gasteiger partial charge in [0.05, 0.1) is 19.3 Å². The summed E-state index contributed by atoms with van der Waals surface area (Å²) >= 11 is 1.81. The van der Waals surface area contributed by atoms with Crippen LogP contribution in [0.3, 0.4) is 0 Å². The first kappa shape index (κ1) is 41.6. The van der Waals surface area contributed by atoms with Gasteiger partial charge in [-0.15, -0.1) is 40.1 Å². The molecule has 1 radical (unpaired) electrons. The number of aliphatic hydroxyl groups is 1. The van der Waals surface area contributed by atoms with Crippen molar-refractivity contribution in [3.05, 3.63) is 121 Å². The maximum absolute atomic E-state index is 11.7. The minimum absolute atomic E-state index is 0. The minimum atomic E-state index is -2.34. The van der Waals surface area contributed by atoms with Crippen LogP contribution in [0.2, 0.25) is 26.2 Å². The average Bonchev–Trinajstić information content (AvgIpc) is 3.51. The van der Waals surface area contributed by atoms with Gasteiger partial charge >= 0.3 is 0 Å². The molecule has 6 rings (SSSR count). The second-order valence-corrected chi connectivity index (χ2v) is 25.5. The minimum Gasteiger partial charge on any atom is -0.512 e. The number of hydrogen-bond acceptors (Lipinski definition) is 5. The van der Waals surface area contributed by atoms with Crippen molar-refractivity contribution in [1.29, 1.82) is 0 Å². The van der Waals surface area contributed by atoms with Crippen molar-refractivity contribution >= 4 is 74.3 Å². The number of benzene rings is 4. The summed E-state index contributed by atoms with van der Waals surface area (Å²) in [6.07, 6.45) is 4.97. The molecule has 8 heteroatoms. The zero-order chi connectivity index (χ0) is 39.2. The number of nitrogens with zero attached hydrogens (tertiary/aromatic N) is 2. The summed E-state index contributed by atoms with van der Waals surface area (Å²) in [6, 6.07) is 36.3. The fourth-order valence-corrected chi connectivity index (χ4v) is 15.2. The van der Waals surface area contributed by atoms with Crippen LogP contribution in [0.25, 0.3) is 32.2 Å². The first-order chi connectivity index (χ1) is 25.8. The van der Waals surface area contributed by atoms with Crippen LogP contribution in [0.1, 0.15) is 60.3 Å². The van der Waals surface area contributed by atoms with E-state index < -0.39 is 16.1 Å². The number of aryl methyl sites for hydroxylation is 1. The van der Waals surface area contributed by atoms with Crippen LogP contribution in [0.5, 0.6) is 0 Å². The topological polar surface area (TPSA) is 63.1 Å². The van der Waals surface area contributed by atoms with Gasteiger partial charge in [0, 0.05) is 52.9 Å². The van der Waals surface area contributed by atoms with Gasteiger partial charge in [0.1, 0.15) is 7.67 Å². The van der Waals surface area contributed by atoms with Gasteiger partial charge in [0.25, 0.3) is 0 Å². The van der Waals surface area contributed by atoms with Crippen LogP contribution in [0, 0.1) is 24.8 Å². The van der Waals surface area contributed by atoms with E-state index in [1.807, 2.05) is 39.0 Å². The van der Waals surface area contributed by atoms with E-state index in [1.54, 1.807) is 0 Å². The number of aliphatic hydroxyl groups excluding tert-OH is 1. The maximum Gasteiger partial charge on any atom is 0.162 e. The average molecular weight is 949 g/mol. The zero-order valence-electron chi connectivity index (χ0n) is 34.2. The van der Waals surface area contributed by atoms with Gasteiger partial charge in [-0.05, 0) is 48.5 Å². The Kier molecular flexibility index (Phi) is 14.6. The molecule has 0 atom stereocenters. The molecule has 0 aliphatic heterocycles. The molecule has 0 unspecified atom stereocenters. The molecule has 285 valence electrons. The Balaban J connectivity index is 0.000000360. The van der Waals surface area contributed by atoms with Gasteiger partial charge in [0.2, 0.25) is 0 Å². The van der Waals surface area contributed by atoms with Crippen LogP contribution in [0.4, 0.5) is 0 Å². The van der Waals surface area contributed by atoms with Crippen LogP contribution in [0.15, 0.2) is 109 Å². The van der Waals surface area contributed by atoms with Crippen LogP contribution in [-0.4, -0.2) is 37.0 Å². The second-order valence-electron chi connectivity index (χ2n) is 15.2. The molecule has 0 aliphatic rings. The maximum atomic E-state index is 11.7. The molecule has 54 heavy (non-hydrogen) atoms. The summed E-state index contributed by atoms with van der Waals surface area (Å²) in [7, 11) is -4.01. The van der Waals surface area contributed by atoms with Crippen LogP contribution < -0.4 is 20.1 Å². The molecular weight excluding hydrogens is 893 g/mol. The summed E-state index contributed by atoms with van der Waals surface area (Å²) in [4.78, 5) is 21.2. The van der Waals surface area contributed by atoms with Crippen molar-refractivity contribution in [3.8, 4) is 11.3 Å². The Bertz CT molecular complexity index is 2210. The molecule has 0 fully saturated rings. The van der Waals surface area contributed by atoms with E-state index in [0.717, 1.165) is 52.5 Å². The smallest absolute Gasteiger partial charge is 0.162 e. The van der Waals surface area contributed by atoms with Crippen molar-refractivity contribution in [2.45, 2.75) is 86.5 Å². The predicted octanol–water partition coefficient (Wildman–Crippen LogP) is 10.1. The fourth-order valence-electron chi connectivity index (χ4n) is 7.36. The number of rotatable bonds is 12. The van der Waals surface area contributed by atoms with E-state index in [0.29, 0.717) is 0 Å². The van der Waals surface area contributed by atoms with E-state index in [-0.39, 0.29) is 49.8 Å². The SMILES string of the molecule is CCC(CC)C(=O)/C=C(\O)C(CC)CC.[2H]c1nc(-c2[c-]c3ccccc3c([Si](C)(C)C)c2)c2sc([Si](C)(c3ccccc3)c3ccccc3)c(C)c2n1.[Ir]. The number of ketones is 1. The van der Waals surface area contributed by atoms with Crippen molar-refractivity contribution in [2.24, 2.45) is 11.8 Å². The van der Waals surface area contributed by atoms with Crippen LogP contribution >= 0.6 is 11.3 Å². The first-order valence-electron chi connectivity index (χ1n) is 19.6. The molecule has 2 heterocycles. The third-order valence-electron chi connectivity index (χ3n) is 10.7. The van der Waals surface area contributed by atoms with E-state index >= 15 is 0 Å². The number of allylic oxidation sites excluding steroid dienone is 2. The quantitative estimate of drug-likeness (QED) is 0.0575. The first-order valence-corrected chi connectivity index (χ1v) is 25.9. The molecule has 0 spiro atoms. The molecule has 6 aromatic rings. The zero-order valence-corrected chi connectivity index (χ0v) is 38.4. The van der Waals surface area contributed by atoms with Gasteiger partial charge in [0.15, 0.2) is 13.9 Å². The summed E-state index contributed by atoms with van der Waals surface area (Å²) in [5.74, 6) is 0.547. The normalized spacial score (nSPS) is 12.4. The van der Waals surface area contributed by atoms with Gasteiger partial charge in [-0.3, -0.25) is 9.78 Å². The third-order valence-corrected chi connectivity index (χ3v) is 19.7.